The first kappa shape index (κ1) is 11.0. The van der Waals surface area contributed by atoms with E-state index in [1.165, 1.54) is 0 Å². The van der Waals surface area contributed by atoms with Crippen molar-refractivity contribution in [2.24, 2.45) is 0 Å². The summed E-state index contributed by atoms with van der Waals surface area (Å²) in [6, 6.07) is 7.58. The van der Waals surface area contributed by atoms with Gasteiger partial charge in [-0.05, 0) is 30.2 Å². The lowest BCUT2D eigenvalue weighted by atomic mass is 9.98. The minimum Gasteiger partial charge on any atom is -0.492 e. The molecule has 0 spiro atoms. The summed E-state index contributed by atoms with van der Waals surface area (Å²) in [5, 5.41) is 0. The SMILES string of the molecule is Cc1ccncc1C(=O)c1cccc2c1OCC2. The van der Waals surface area contributed by atoms with E-state index in [9.17, 15) is 4.79 Å². The van der Waals surface area contributed by atoms with Crippen molar-refractivity contribution in [3.63, 3.8) is 0 Å². The summed E-state index contributed by atoms with van der Waals surface area (Å²) in [5.41, 5.74) is 3.33. The van der Waals surface area contributed by atoms with E-state index >= 15 is 0 Å². The first-order valence-electron chi connectivity index (χ1n) is 5.97. The Kier molecular flexibility index (Phi) is 2.59. The number of hydrogen-bond donors (Lipinski definition) is 0. The van der Waals surface area contributed by atoms with Gasteiger partial charge in [0.1, 0.15) is 5.75 Å². The standard InChI is InChI=1S/C15H13NO2/c1-10-5-7-16-9-13(10)14(17)12-4-2-3-11-6-8-18-15(11)12/h2-5,7,9H,6,8H2,1H3. The van der Waals surface area contributed by atoms with Crippen molar-refractivity contribution in [3.8, 4) is 5.75 Å². The summed E-state index contributed by atoms with van der Waals surface area (Å²) in [5.74, 6) is 0.727. The fourth-order valence-electron chi connectivity index (χ4n) is 2.24. The molecule has 1 aromatic carbocycles. The van der Waals surface area contributed by atoms with Crippen molar-refractivity contribution in [3.05, 3.63) is 58.9 Å². The van der Waals surface area contributed by atoms with Gasteiger partial charge in [0.2, 0.25) is 0 Å². The van der Waals surface area contributed by atoms with Crippen molar-refractivity contribution in [2.45, 2.75) is 13.3 Å². The third kappa shape index (κ3) is 1.68. The number of carbonyl (C=O) groups excluding carboxylic acids is 1. The molecule has 0 saturated heterocycles. The van der Waals surface area contributed by atoms with E-state index in [0.29, 0.717) is 17.7 Å². The molecule has 0 fully saturated rings. The molecule has 0 bridgehead atoms. The number of nitrogens with zero attached hydrogens (tertiary/aromatic N) is 1. The second kappa shape index (κ2) is 4.26. The van der Waals surface area contributed by atoms with Gasteiger partial charge in [0.15, 0.2) is 5.78 Å². The number of benzene rings is 1. The number of hydrogen-bond acceptors (Lipinski definition) is 3. The Morgan fingerprint density at radius 2 is 2.17 bits per heavy atom. The number of rotatable bonds is 2. The summed E-state index contributed by atoms with van der Waals surface area (Å²) in [4.78, 5) is 16.5. The second-order valence-corrected chi connectivity index (χ2v) is 4.41. The van der Waals surface area contributed by atoms with Crippen LogP contribution < -0.4 is 4.74 Å². The molecule has 1 aromatic heterocycles. The zero-order valence-electron chi connectivity index (χ0n) is 10.1. The van der Waals surface area contributed by atoms with E-state index in [1.54, 1.807) is 12.4 Å². The number of ether oxygens (including phenoxy) is 1. The van der Waals surface area contributed by atoms with Gasteiger partial charge < -0.3 is 4.74 Å². The molecule has 3 heteroatoms. The normalized spacial score (nSPS) is 12.9. The van der Waals surface area contributed by atoms with Gasteiger partial charge in [0.05, 0.1) is 12.2 Å². The highest BCUT2D eigenvalue weighted by molar-refractivity contribution is 6.11. The van der Waals surface area contributed by atoms with Gasteiger partial charge in [-0.1, -0.05) is 12.1 Å². The largest absolute Gasteiger partial charge is 0.492 e. The zero-order chi connectivity index (χ0) is 12.5. The average molecular weight is 239 g/mol. The Morgan fingerprint density at radius 1 is 1.28 bits per heavy atom. The van der Waals surface area contributed by atoms with Crippen LogP contribution in [0.2, 0.25) is 0 Å². The molecule has 0 amide bonds. The predicted octanol–water partition coefficient (Wildman–Crippen LogP) is 2.56. The Bertz CT molecular complexity index is 620. The highest BCUT2D eigenvalue weighted by Crippen LogP contribution is 2.31. The van der Waals surface area contributed by atoms with E-state index in [4.69, 9.17) is 4.74 Å². The molecule has 0 unspecified atom stereocenters. The molecule has 0 radical (unpaired) electrons. The maximum atomic E-state index is 12.5. The molecule has 0 saturated carbocycles. The van der Waals surface area contributed by atoms with Crippen LogP contribution in [0.5, 0.6) is 5.75 Å². The van der Waals surface area contributed by atoms with E-state index in [2.05, 4.69) is 4.98 Å². The number of aryl methyl sites for hydroxylation is 1. The van der Waals surface area contributed by atoms with E-state index < -0.39 is 0 Å². The van der Waals surface area contributed by atoms with E-state index in [-0.39, 0.29) is 5.78 Å². The lowest BCUT2D eigenvalue weighted by Crippen LogP contribution is -2.06. The van der Waals surface area contributed by atoms with Crippen molar-refractivity contribution in [1.29, 1.82) is 0 Å². The highest BCUT2D eigenvalue weighted by Gasteiger charge is 2.22. The van der Waals surface area contributed by atoms with Crippen molar-refractivity contribution >= 4 is 5.78 Å². The Morgan fingerprint density at radius 3 is 3.00 bits per heavy atom. The van der Waals surface area contributed by atoms with Crippen molar-refractivity contribution < 1.29 is 9.53 Å². The molecule has 0 atom stereocenters. The lowest BCUT2D eigenvalue weighted by molar-refractivity contribution is 0.103. The second-order valence-electron chi connectivity index (χ2n) is 4.41. The minimum absolute atomic E-state index is 0.0145. The van der Waals surface area contributed by atoms with Crippen LogP contribution in [0.15, 0.2) is 36.7 Å². The number of carbonyl (C=O) groups is 1. The molecular weight excluding hydrogens is 226 g/mol. The van der Waals surface area contributed by atoms with Gasteiger partial charge >= 0.3 is 0 Å². The molecule has 2 heterocycles. The molecule has 2 aromatic rings. The summed E-state index contributed by atoms with van der Waals surface area (Å²) in [7, 11) is 0. The molecule has 18 heavy (non-hydrogen) atoms. The molecule has 3 rings (SSSR count). The fraction of sp³-hybridized carbons (Fsp3) is 0.200. The number of para-hydroxylation sites is 1. The van der Waals surface area contributed by atoms with Crippen LogP contribution >= 0.6 is 0 Å². The maximum absolute atomic E-state index is 12.5. The average Bonchev–Trinajstić information content (AvgIpc) is 2.86. The Balaban J connectivity index is 2.09. The lowest BCUT2D eigenvalue weighted by Gasteiger charge is -2.08. The summed E-state index contributed by atoms with van der Waals surface area (Å²) >= 11 is 0. The third-order valence-electron chi connectivity index (χ3n) is 3.24. The van der Waals surface area contributed by atoms with Crippen molar-refractivity contribution in [1.82, 2.24) is 4.98 Å². The van der Waals surface area contributed by atoms with Crippen LogP contribution in [0.25, 0.3) is 0 Å². The Labute approximate surface area is 105 Å². The van der Waals surface area contributed by atoms with Gasteiger partial charge in [-0.3, -0.25) is 9.78 Å². The van der Waals surface area contributed by atoms with Crippen LogP contribution in [0.4, 0.5) is 0 Å². The smallest absolute Gasteiger partial charge is 0.198 e. The topological polar surface area (TPSA) is 39.2 Å². The summed E-state index contributed by atoms with van der Waals surface area (Å²) < 4.78 is 5.57. The zero-order valence-corrected chi connectivity index (χ0v) is 10.1. The van der Waals surface area contributed by atoms with Crippen LogP contribution in [0.1, 0.15) is 27.0 Å². The summed E-state index contributed by atoms with van der Waals surface area (Å²) in [6.07, 6.45) is 4.19. The molecular formula is C15H13NO2. The van der Waals surface area contributed by atoms with Gasteiger partial charge in [0, 0.05) is 24.4 Å². The number of aromatic nitrogens is 1. The molecule has 0 N–H and O–H groups in total. The quantitative estimate of drug-likeness (QED) is 0.756. The fourth-order valence-corrected chi connectivity index (χ4v) is 2.24. The monoisotopic (exact) mass is 239 g/mol. The van der Waals surface area contributed by atoms with E-state index in [0.717, 1.165) is 23.3 Å². The molecule has 3 nitrogen and oxygen atoms in total. The predicted molar refractivity (Wildman–Crippen MR) is 68.0 cm³/mol. The van der Waals surface area contributed by atoms with Crippen LogP contribution in [-0.2, 0) is 6.42 Å². The Hall–Kier alpha value is -2.16. The first-order valence-corrected chi connectivity index (χ1v) is 5.97. The van der Waals surface area contributed by atoms with Crippen LogP contribution in [-0.4, -0.2) is 17.4 Å². The summed E-state index contributed by atoms with van der Waals surface area (Å²) in [6.45, 7) is 2.57. The third-order valence-corrected chi connectivity index (χ3v) is 3.24. The number of ketones is 1. The maximum Gasteiger partial charge on any atom is 0.198 e. The van der Waals surface area contributed by atoms with Gasteiger partial charge in [-0.25, -0.2) is 0 Å². The van der Waals surface area contributed by atoms with E-state index in [1.807, 2.05) is 31.2 Å². The minimum atomic E-state index is -0.0145. The van der Waals surface area contributed by atoms with Gasteiger partial charge in [-0.15, -0.1) is 0 Å². The van der Waals surface area contributed by atoms with Crippen LogP contribution in [0.3, 0.4) is 0 Å². The highest BCUT2D eigenvalue weighted by atomic mass is 16.5. The van der Waals surface area contributed by atoms with Crippen LogP contribution in [0, 0.1) is 6.92 Å². The molecule has 0 aliphatic carbocycles. The molecule has 90 valence electrons. The number of fused-ring (bicyclic) bond motifs is 1. The van der Waals surface area contributed by atoms with Gasteiger partial charge in [-0.2, -0.15) is 0 Å². The molecule has 1 aliphatic heterocycles. The number of pyridine rings is 1. The first-order chi connectivity index (χ1) is 8.77. The van der Waals surface area contributed by atoms with Gasteiger partial charge in [0.25, 0.3) is 0 Å². The molecule has 1 aliphatic rings. The van der Waals surface area contributed by atoms with Crippen molar-refractivity contribution in [2.75, 3.05) is 6.61 Å².